The fourth-order valence-electron chi connectivity index (χ4n) is 4.44. The monoisotopic (exact) mass is 887 g/mol. The average Bonchev–Trinajstić information content (AvgIpc) is 2.76. The van der Waals surface area contributed by atoms with Gasteiger partial charge in [-0.3, -0.25) is 46.3 Å². The molecule has 0 spiro atoms. The van der Waals surface area contributed by atoms with Gasteiger partial charge in [-0.2, -0.15) is 0 Å². The van der Waals surface area contributed by atoms with Gasteiger partial charge in [0, 0.05) is 19.6 Å². The highest BCUT2D eigenvalue weighted by Crippen LogP contribution is 2.70. The van der Waals surface area contributed by atoms with E-state index in [0.717, 1.165) is 0 Å². The molecule has 0 radical (unpaired) electrons. The van der Waals surface area contributed by atoms with Crippen molar-refractivity contribution in [3.63, 3.8) is 0 Å². The number of aliphatic hydroxyl groups excluding tert-OH is 1. The van der Waals surface area contributed by atoms with Gasteiger partial charge in [0.15, 0.2) is 0 Å². The Balaban J connectivity index is 7.66. The highest BCUT2D eigenvalue weighted by Gasteiger charge is 2.60. The molecule has 0 fully saturated rings. The van der Waals surface area contributed by atoms with Gasteiger partial charge >= 0.3 is 60.8 Å². The van der Waals surface area contributed by atoms with Gasteiger partial charge in [-0.1, -0.05) is 0 Å². The van der Waals surface area contributed by atoms with Crippen LogP contribution in [0.25, 0.3) is 0 Å². The third kappa shape index (κ3) is 15.0. The molecule has 296 valence electrons. The van der Waals surface area contributed by atoms with Crippen molar-refractivity contribution < 1.29 is 125 Å². The maximum atomic E-state index is 12.1. The predicted octanol–water partition coefficient (Wildman–Crippen LogP) is -4.37. The van der Waals surface area contributed by atoms with Gasteiger partial charge < -0.3 is 93.9 Å². The first-order valence-corrected chi connectivity index (χ1v) is 25.6. The van der Waals surface area contributed by atoms with Crippen LogP contribution in [-0.4, -0.2) is 154 Å². The van der Waals surface area contributed by atoms with Crippen molar-refractivity contribution >= 4 is 60.8 Å². The first-order valence-electron chi connectivity index (χ1n) is 12.2. The molecule has 49 heavy (non-hydrogen) atoms. The lowest BCUT2D eigenvalue weighted by molar-refractivity contribution is -0.0950. The molecule has 19 N–H and O–H groups in total. The number of nitrogens with two attached hydrogens (primary N) is 1. The lowest BCUT2D eigenvalue weighted by atomic mass is 9.95. The van der Waals surface area contributed by atoms with Crippen molar-refractivity contribution in [2.75, 3.05) is 32.8 Å². The smallest absolute Gasteiger partial charge is 0.355 e. The Bertz CT molecular complexity index is 1220. The standard InChI is InChI=1S/C12H37N3O26P8/c13-3-6-41-12(7-16,1-4-14(8(42(17,18)19)43(20,21)22)9(44(23,24)25)45(26,27)28)2-5-15(10(46(29,30)31)47(32,33)34)11(48(35,36)37)49(38,39)40/h8-11,16H,1-7,13H2,(H2,17,18,19)(H2,20,21,22)(H2,23,24,25)(H2,26,27,28)(H2,29,30,31)(H2,32,33,34)(H2,35,36,37)(H2,38,39,40). The summed E-state index contributed by atoms with van der Waals surface area (Å²) < 4.78 is 102. The lowest BCUT2D eigenvalue weighted by Gasteiger charge is -2.42. The van der Waals surface area contributed by atoms with E-state index in [9.17, 15) is 120 Å². The Hall–Kier alpha value is 1.000. The maximum Gasteiger partial charge on any atom is 0.355 e. The molecule has 0 saturated carbocycles. The van der Waals surface area contributed by atoms with Crippen LogP contribution >= 0.6 is 60.8 Å². The van der Waals surface area contributed by atoms with Crippen LogP contribution in [0.3, 0.4) is 0 Å². The molecular formula is C12H37N3O26P8. The van der Waals surface area contributed by atoms with Crippen LogP contribution in [0.2, 0.25) is 0 Å². The number of hydrogen-bond donors (Lipinski definition) is 18. The van der Waals surface area contributed by atoms with E-state index in [1.165, 1.54) is 0 Å². The zero-order valence-corrected chi connectivity index (χ0v) is 31.2. The molecule has 0 aromatic rings. The molecule has 0 aliphatic carbocycles. The van der Waals surface area contributed by atoms with Gasteiger partial charge in [0.2, 0.25) is 22.1 Å². The number of ether oxygens (including phenoxy) is 1. The van der Waals surface area contributed by atoms with E-state index in [1.54, 1.807) is 0 Å². The van der Waals surface area contributed by atoms with Crippen molar-refractivity contribution in [3.05, 3.63) is 0 Å². The number of rotatable bonds is 22. The Morgan fingerprint density at radius 3 is 0.816 bits per heavy atom. The van der Waals surface area contributed by atoms with Gasteiger partial charge in [-0.25, -0.2) is 0 Å². The average molecular weight is 887 g/mol. The molecule has 0 amide bonds. The molecule has 0 rings (SSSR count). The molecule has 0 aromatic heterocycles. The Morgan fingerprint density at radius 2 is 0.673 bits per heavy atom. The van der Waals surface area contributed by atoms with Gasteiger partial charge in [-0.05, 0) is 12.8 Å². The summed E-state index contributed by atoms with van der Waals surface area (Å²) in [6.45, 7) is -6.41. The van der Waals surface area contributed by atoms with Crippen molar-refractivity contribution in [2.45, 2.75) is 40.5 Å². The van der Waals surface area contributed by atoms with Gasteiger partial charge in [0.25, 0.3) is 0 Å². The fraction of sp³-hybridized carbons (Fsp3) is 1.00. The van der Waals surface area contributed by atoms with Crippen molar-refractivity contribution in [1.29, 1.82) is 0 Å². The highest BCUT2D eigenvalue weighted by molar-refractivity contribution is 7.73. The summed E-state index contributed by atoms with van der Waals surface area (Å²) in [5.74, 6) is 0. The van der Waals surface area contributed by atoms with Crippen molar-refractivity contribution in [2.24, 2.45) is 5.73 Å². The van der Waals surface area contributed by atoms with Gasteiger partial charge in [0.05, 0.1) is 18.8 Å². The first kappa shape index (κ1) is 50.0. The molecule has 0 heterocycles. The Labute approximate surface area is 274 Å². The molecule has 0 aliphatic heterocycles. The lowest BCUT2D eigenvalue weighted by Crippen LogP contribution is -2.50. The van der Waals surface area contributed by atoms with Crippen LogP contribution in [0.1, 0.15) is 12.8 Å². The second kappa shape index (κ2) is 17.2. The molecule has 0 saturated heterocycles. The van der Waals surface area contributed by atoms with Crippen LogP contribution in [0.5, 0.6) is 0 Å². The van der Waals surface area contributed by atoms with E-state index in [4.69, 9.17) is 10.5 Å². The largest absolute Gasteiger partial charge is 0.393 e. The third-order valence-corrected chi connectivity index (χ3v) is 20.5. The summed E-state index contributed by atoms with van der Waals surface area (Å²) in [5.41, 5.74) is -12.5. The summed E-state index contributed by atoms with van der Waals surface area (Å²) in [6.07, 6.45) is -2.81. The molecule has 0 aliphatic rings. The van der Waals surface area contributed by atoms with Crippen molar-refractivity contribution in [3.8, 4) is 0 Å². The minimum Gasteiger partial charge on any atom is -0.393 e. The second-order valence-electron chi connectivity index (χ2n) is 10.1. The minimum atomic E-state index is -6.39. The number of aliphatic hydroxyl groups is 1. The Morgan fingerprint density at radius 1 is 0.469 bits per heavy atom. The quantitative estimate of drug-likeness (QED) is 0.0457. The molecule has 0 bridgehead atoms. The van der Waals surface area contributed by atoms with Gasteiger partial charge in [-0.15, -0.1) is 0 Å². The summed E-state index contributed by atoms with van der Waals surface area (Å²) in [5, 5.41) is 10.2. The molecule has 0 unspecified atom stereocenters. The normalized spacial score (nSPS) is 15.5. The molecule has 0 aromatic carbocycles. The third-order valence-electron chi connectivity index (χ3n) is 6.06. The van der Waals surface area contributed by atoms with E-state index in [1.807, 2.05) is 0 Å². The second-order valence-corrected chi connectivity index (χ2v) is 25.0. The van der Waals surface area contributed by atoms with Crippen LogP contribution in [0, 0.1) is 0 Å². The fourth-order valence-corrected chi connectivity index (χ4v) is 16.6. The zero-order chi connectivity index (χ0) is 39.6. The predicted molar refractivity (Wildman–Crippen MR) is 159 cm³/mol. The molecule has 29 nitrogen and oxygen atoms in total. The highest BCUT2D eigenvalue weighted by atomic mass is 31.3. The topological polar surface area (TPSA) is 522 Å². The molecule has 0 atom stereocenters. The van der Waals surface area contributed by atoms with Crippen LogP contribution in [-0.2, 0) is 41.3 Å². The van der Waals surface area contributed by atoms with Gasteiger partial charge in [0.1, 0.15) is 0 Å². The van der Waals surface area contributed by atoms with Crippen LogP contribution in [0.15, 0.2) is 0 Å². The zero-order valence-electron chi connectivity index (χ0n) is 24.1. The summed E-state index contributed by atoms with van der Waals surface area (Å²) in [7, 11) is -51.1. The van der Waals surface area contributed by atoms with E-state index >= 15 is 0 Å². The number of hydrogen-bond acceptors (Lipinski definition) is 13. The van der Waals surface area contributed by atoms with E-state index < -0.39 is 144 Å². The maximum absolute atomic E-state index is 12.1. The van der Waals surface area contributed by atoms with Crippen LogP contribution in [0.4, 0.5) is 0 Å². The first-order chi connectivity index (χ1) is 21.3. The number of nitrogens with zero attached hydrogens (tertiary/aromatic N) is 2. The Kier molecular flexibility index (Phi) is 17.6. The van der Waals surface area contributed by atoms with E-state index in [-0.39, 0.29) is 0 Å². The van der Waals surface area contributed by atoms with Crippen LogP contribution < -0.4 is 5.73 Å². The van der Waals surface area contributed by atoms with E-state index in [0.29, 0.717) is 0 Å². The summed E-state index contributed by atoms with van der Waals surface area (Å²) >= 11 is 0. The summed E-state index contributed by atoms with van der Waals surface area (Å²) in [6, 6.07) is 0. The van der Waals surface area contributed by atoms with Crippen molar-refractivity contribution in [1.82, 2.24) is 9.80 Å². The molecule has 37 heteroatoms. The summed E-state index contributed by atoms with van der Waals surface area (Å²) in [4.78, 5) is 153. The minimum absolute atomic E-state index is 0.558. The van der Waals surface area contributed by atoms with E-state index in [2.05, 4.69) is 0 Å². The SMILES string of the molecule is NCCOC(CO)(CCN(C(P(=O)(O)O)P(=O)(O)O)C(P(=O)(O)O)P(=O)(O)O)CCN(C(P(=O)(O)O)P(=O)(O)O)C(P(=O)(O)O)P(=O)(O)O. The molecular weight excluding hydrogens is 850 g/mol.